The zero-order valence-corrected chi connectivity index (χ0v) is 27.9. The largest absolute Gasteiger partial charge is 0.394 e. The number of aliphatic hydroxyl groups excluding tert-OH is 8. The van der Waals surface area contributed by atoms with Gasteiger partial charge in [0.05, 0.1) is 37.9 Å². The molecule has 1 amide bonds. The van der Waals surface area contributed by atoms with Crippen LogP contribution in [0.25, 0.3) is 0 Å². The molecular formula is C34H57F2NO11. The van der Waals surface area contributed by atoms with Crippen LogP contribution in [-0.4, -0.2) is 115 Å². The molecular weight excluding hydrogens is 636 g/mol. The molecule has 1 fully saturated rings. The van der Waals surface area contributed by atoms with Gasteiger partial charge in [0.15, 0.2) is 17.9 Å². The first kappa shape index (κ1) is 42.3. The summed E-state index contributed by atoms with van der Waals surface area (Å²) >= 11 is 0. The van der Waals surface area contributed by atoms with Gasteiger partial charge in [0.1, 0.15) is 36.6 Å². The number of nitrogens with one attached hydrogen (secondary N) is 1. The molecule has 1 aliphatic rings. The predicted molar refractivity (Wildman–Crippen MR) is 171 cm³/mol. The van der Waals surface area contributed by atoms with Gasteiger partial charge in [0.25, 0.3) is 0 Å². The number of hydrogen-bond acceptors (Lipinski definition) is 11. The fraction of sp³-hybridized carbons (Fsp3) is 0.794. The first-order valence-electron chi connectivity index (χ1n) is 17.3. The average molecular weight is 694 g/mol. The van der Waals surface area contributed by atoms with Gasteiger partial charge < -0.3 is 55.6 Å². The summed E-state index contributed by atoms with van der Waals surface area (Å²) in [4.78, 5) is 12.9. The van der Waals surface area contributed by atoms with Crippen molar-refractivity contribution >= 4 is 5.91 Å². The number of aliphatic hydroxyl groups is 8. The van der Waals surface area contributed by atoms with Gasteiger partial charge in [-0.3, -0.25) is 4.79 Å². The van der Waals surface area contributed by atoms with Crippen LogP contribution in [0.1, 0.15) is 108 Å². The van der Waals surface area contributed by atoms with Crippen LogP contribution in [-0.2, 0) is 14.3 Å². The van der Waals surface area contributed by atoms with E-state index in [0.29, 0.717) is 12.5 Å². The highest BCUT2D eigenvalue weighted by atomic mass is 19.2. The van der Waals surface area contributed by atoms with Crippen LogP contribution in [0.3, 0.4) is 0 Å². The molecule has 1 saturated heterocycles. The van der Waals surface area contributed by atoms with E-state index < -0.39 is 98.3 Å². The normalized spacial score (nSPS) is 24.5. The van der Waals surface area contributed by atoms with Crippen molar-refractivity contribution in [2.45, 2.75) is 158 Å². The van der Waals surface area contributed by atoms with Gasteiger partial charge in [-0.15, -0.1) is 0 Å². The number of carbonyl (C=O) groups excluding carboxylic acids is 1. The number of halogens is 2. The Morgan fingerprint density at radius 3 is 1.98 bits per heavy atom. The maximum atomic E-state index is 13.6. The summed E-state index contributed by atoms with van der Waals surface area (Å²) in [5.41, 5.74) is -0.172. The van der Waals surface area contributed by atoms with Crippen molar-refractivity contribution in [1.29, 1.82) is 0 Å². The fourth-order valence-corrected chi connectivity index (χ4v) is 5.75. The Morgan fingerprint density at radius 1 is 0.833 bits per heavy atom. The fourth-order valence-electron chi connectivity index (χ4n) is 5.75. The van der Waals surface area contributed by atoms with Gasteiger partial charge in [0.2, 0.25) is 5.91 Å². The number of carbonyl (C=O) groups is 1. The topological polar surface area (TPSA) is 209 Å². The third-order valence-corrected chi connectivity index (χ3v) is 8.84. The SMILES string of the molecule is CCCCCCCCCCCCCC[C@@H](O)[C@@H](O)[C@H](CO[C@H]1OC(CO)[C@H](O)[C@H](O)C1O)NC(=O)C[C@@H](O)[C@@H](O)c1ccc(F)c(F)c1. The van der Waals surface area contributed by atoms with Crippen LogP contribution < -0.4 is 5.32 Å². The molecule has 0 radical (unpaired) electrons. The first-order valence-corrected chi connectivity index (χ1v) is 17.3. The van der Waals surface area contributed by atoms with Gasteiger partial charge in [-0.05, 0) is 24.1 Å². The van der Waals surface area contributed by atoms with E-state index in [1.807, 2.05) is 0 Å². The summed E-state index contributed by atoms with van der Waals surface area (Å²) in [6.07, 6.45) is -1.56. The minimum absolute atomic E-state index is 0.172. The van der Waals surface area contributed by atoms with Crippen molar-refractivity contribution in [1.82, 2.24) is 5.32 Å². The van der Waals surface area contributed by atoms with Crippen LogP contribution in [0, 0.1) is 11.6 Å². The van der Waals surface area contributed by atoms with E-state index >= 15 is 0 Å². The van der Waals surface area contributed by atoms with E-state index in [0.717, 1.165) is 37.8 Å². The van der Waals surface area contributed by atoms with Gasteiger partial charge in [-0.1, -0.05) is 90.0 Å². The molecule has 2 rings (SSSR count). The van der Waals surface area contributed by atoms with Gasteiger partial charge in [-0.25, -0.2) is 8.78 Å². The van der Waals surface area contributed by atoms with E-state index in [2.05, 4.69) is 12.2 Å². The smallest absolute Gasteiger partial charge is 0.223 e. The lowest BCUT2D eigenvalue weighted by molar-refractivity contribution is -0.303. The number of rotatable bonds is 24. The Balaban J connectivity index is 1.93. The monoisotopic (exact) mass is 693 g/mol. The Kier molecular flexibility index (Phi) is 20.1. The lowest BCUT2D eigenvalue weighted by Crippen LogP contribution is -2.60. The summed E-state index contributed by atoms with van der Waals surface area (Å²) in [6, 6.07) is 1.16. The van der Waals surface area contributed by atoms with Gasteiger partial charge in [-0.2, -0.15) is 0 Å². The highest BCUT2D eigenvalue weighted by Crippen LogP contribution is 2.24. The molecule has 1 aromatic rings. The zero-order valence-electron chi connectivity index (χ0n) is 27.9. The number of hydrogen-bond donors (Lipinski definition) is 9. The molecule has 10 atom stereocenters. The second-order valence-corrected chi connectivity index (χ2v) is 12.8. The second-order valence-electron chi connectivity index (χ2n) is 12.8. The number of benzene rings is 1. The highest BCUT2D eigenvalue weighted by Gasteiger charge is 2.44. The van der Waals surface area contributed by atoms with E-state index in [9.17, 15) is 54.4 Å². The third kappa shape index (κ3) is 14.2. The molecule has 2 unspecified atom stereocenters. The predicted octanol–water partition coefficient (Wildman–Crippen LogP) is 1.86. The summed E-state index contributed by atoms with van der Waals surface area (Å²) in [5.74, 6) is -3.31. The summed E-state index contributed by atoms with van der Waals surface area (Å²) in [5, 5.41) is 84.9. The summed E-state index contributed by atoms with van der Waals surface area (Å²) < 4.78 is 37.7. The van der Waals surface area contributed by atoms with Crippen molar-refractivity contribution < 1.29 is 63.9 Å². The third-order valence-electron chi connectivity index (χ3n) is 8.84. The van der Waals surface area contributed by atoms with Crippen LogP contribution >= 0.6 is 0 Å². The van der Waals surface area contributed by atoms with Crippen molar-refractivity contribution in [2.24, 2.45) is 0 Å². The number of unbranched alkanes of at least 4 members (excludes halogenated alkanes) is 11. The van der Waals surface area contributed by atoms with Crippen molar-refractivity contribution in [3.05, 3.63) is 35.4 Å². The molecule has 0 aliphatic carbocycles. The van der Waals surface area contributed by atoms with Crippen molar-refractivity contribution in [2.75, 3.05) is 13.2 Å². The molecule has 0 spiro atoms. The Bertz CT molecular complexity index is 1040. The molecule has 0 saturated carbocycles. The minimum atomic E-state index is -1.76. The molecule has 9 N–H and O–H groups in total. The van der Waals surface area contributed by atoms with Crippen LogP contribution in [0.5, 0.6) is 0 Å². The lowest BCUT2D eigenvalue weighted by atomic mass is 9.98. The molecule has 48 heavy (non-hydrogen) atoms. The minimum Gasteiger partial charge on any atom is -0.394 e. The molecule has 1 aliphatic heterocycles. The van der Waals surface area contributed by atoms with Crippen LogP contribution in [0.2, 0.25) is 0 Å². The first-order chi connectivity index (χ1) is 22.9. The van der Waals surface area contributed by atoms with Crippen LogP contribution in [0.4, 0.5) is 8.78 Å². The maximum absolute atomic E-state index is 13.6. The highest BCUT2D eigenvalue weighted by molar-refractivity contribution is 5.77. The van der Waals surface area contributed by atoms with E-state index in [1.54, 1.807) is 0 Å². The van der Waals surface area contributed by atoms with E-state index in [1.165, 1.54) is 44.9 Å². The van der Waals surface area contributed by atoms with Gasteiger partial charge in [0, 0.05) is 0 Å². The molecule has 14 heteroatoms. The summed E-state index contributed by atoms with van der Waals surface area (Å²) in [6.45, 7) is 0.917. The second kappa shape index (κ2) is 22.8. The average Bonchev–Trinajstić information content (AvgIpc) is 3.07. The molecule has 0 aromatic heterocycles. The van der Waals surface area contributed by atoms with Crippen LogP contribution in [0.15, 0.2) is 18.2 Å². The van der Waals surface area contributed by atoms with Crippen molar-refractivity contribution in [3.63, 3.8) is 0 Å². The molecule has 1 aromatic carbocycles. The van der Waals surface area contributed by atoms with E-state index in [4.69, 9.17) is 9.47 Å². The Morgan fingerprint density at radius 2 is 1.42 bits per heavy atom. The zero-order chi connectivity index (χ0) is 35.6. The standard InChI is InChI=1S/C34H57F2NO11/c1-2-3-4-5-6-7-8-9-10-11-12-13-14-25(39)30(43)24(20-47-34-33(46)32(45)31(44)27(19-38)48-34)37-28(41)18-26(40)29(42)21-15-16-22(35)23(36)17-21/h15-17,24-27,29-34,38-40,42-46H,2-14,18-20H2,1H3,(H,37,41)/t24-,25+,26+,27?,29-,30-,31-,32-,33?,34-/m0/s1. The molecule has 278 valence electrons. The Hall–Kier alpha value is -1.85. The molecule has 0 bridgehead atoms. The number of amides is 1. The van der Waals surface area contributed by atoms with Crippen molar-refractivity contribution in [3.8, 4) is 0 Å². The number of ether oxygens (including phenoxy) is 2. The summed E-state index contributed by atoms with van der Waals surface area (Å²) in [7, 11) is 0. The molecule has 12 nitrogen and oxygen atoms in total. The lowest BCUT2D eigenvalue weighted by Gasteiger charge is -2.40. The van der Waals surface area contributed by atoms with E-state index in [-0.39, 0.29) is 12.0 Å². The maximum Gasteiger partial charge on any atom is 0.223 e. The molecule has 1 heterocycles. The quantitative estimate of drug-likeness (QED) is 0.0714. The van der Waals surface area contributed by atoms with Gasteiger partial charge >= 0.3 is 0 Å². The Labute approximate surface area is 281 Å².